The van der Waals surface area contributed by atoms with Crippen LogP contribution in [0.5, 0.6) is 0 Å². The summed E-state index contributed by atoms with van der Waals surface area (Å²) in [6.45, 7) is 3.20. The normalized spacial score (nSPS) is 19.7. The van der Waals surface area contributed by atoms with E-state index in [2.05, 4.69) is 14.9 Å². The molecule has 2 fully saturated rings. The van der Waals surface area contributed by atoms with Crippen LogP contribution in [0.2, 0.25) is 0 Å². The second-order valence-corrected chi connectivity index (χ2v) is 7.59. The predicted molar refractivity (Wildman–Crippen MR) is 101 cm³/mol. The summed E-state index contributed by atoms with van der Waals surface area (Å²) in [5.41, 5.74) is 1.36. The van der Waals surface area contributed by atoms with Crippen molar-refractivity contribution in [1.29, 1.82) is 0 Å². The van der Waals surface area contributed by atoms with E-state index in [0.717, 1.165) is 44.9 Å². The molecule has 0 bridgehead atoms. The van der Waals surface area contributed by atoms with E-state index in [9.17, 15) is 4.79 Å². The van der Waals surface area contributed by atoms with E-state index >= 15 is 0 Å². The van der Waals surface area contributed by atoms with Crippen LogP contribution in [0.25, 0.3) is 11.2 Å². The molecule has 0 unspecified atom stereocenters. The van der Waals surface area contributed by atoms with Gasteiger partial charge in [0.05, 0.1) is 0 Å². The summed E-state index contributed by atoms with van der Waals surface area (Å²) < 4.78 is 5.83. The molecule has 2 aromatic rings. The lowest BCUT2D eigenvalue weighted by Gasteiger charge is -2.24. The number of aromatic nitrogens is 2. The average Bonchev–Trinajstić information content (AvgIpc) is 2.96. The fourth-order valence-corrected chi connectivity index (χ4v) is 4.21. The van der Waals surface area contributed by atoms with Crippen molar-refractivity contribution < 1.29 is 9.21 Å². The zero-order valence-corrected chi connectivity index (χ0v) is 15.4. The third-order valence-corrected chi connectivity index (χ3v) is 5.76. The Morgan fingerprint density at radius 2 is 2.00 bits per heavy atom. The molecule has 3 heterocycles. The molecule has 6 nitrogen and oxygen atoms in total. The lowest BCUT2D eigenvalue weighted by Crippen LogP contribution is -2.35. The van der Waals surface area contributed by atoms with Crippen LogP contribution < -0.4 is 4.90 Å². The van der Waals surface area contributed by atoms with Gasteiger partial charge >= 0.3 is 0 Å². The van der Waals surface area contributed by atoms with Crippen LogP contribution in [-0.4, -0.2) is 47.0 Å². The quantitative estimate of drug-likeness (QED) is 0.837. The summed E-state index contributed by atoms with van der Waals surface area (Å²) >= 11 is 0. The second-order valence-electron chi connectivity index (χ2n) is 7.59. The van der Waals surface area contributed by atoms with Crippen LogP contribution in [0.3, 0.4) is 0 Å². The van der Waals surface area contributed by atoms with Gasteiger partial charge < -0.3 is 14.2 Å². The molecule has 2 aliphatic rings. The zero-order chi connectivity index (χ0) is 17.8. The van der Waals surface area contributed by atoms with Gasteiger partial charge in [-0.1, -0.05) is 32.1 Å². The molecular formula is C20H28N4O2. The number of carbonyl (C=O) groups is 1. The molecule has 1 aliphatic heterocycles. The fourth-order valence-electron chi connectivity index (χ4n) is 4.21. The number of carbonyl (C=O) groups excluding carboxylic acids is 1. The molecule has 0 N–H and O–H groups in total. The smallest absolute Gasteiger partial charge is 0.300 e. The molecule has 6 heteroatoms. The number of nitrogens with zero attached hydrogens (tertiary/aromatic N) is 4. The van der Waals surface area contributed by atoms with E-state index in [-0.39, 0.29) is 0 Å². The van der Waals surface area contributed by atoms with Gasteiger partial charge in [0, 0.05) is 38.8 Å². The Balaban J connectivity index is 1.31. The molecule has 1 amide bonds. The third-order valence-electron chi connectivity index (χ3n) is 5.76. The summed E-state index contributed by atoms with van der Waals surface area (Å²) in [6, 6.07) is 4.36. The van der Waals surface area contributed by atoms with Crippen LogP contribution in [-0.2, 0) is 4.79 Å². The Labute approximate surface area is 154 Å². The standard InChI is InChI=1S/C20H28N4O2/c25-18(10-9-16-6-2-1-3-7-16)23-12-5-13-24(15-14-23)20-22-19-17(26-20)8-4-11-21-19/h4,8,11,16H,1-3,5-7,9-10,12-15H2. The molecular weight excluding hydrogens is 328 g/mol. The summed E-state index contributed by atoms with van der Waals surface area (Å²) in [7, 11) is 0. The van der Waals surface area contributed by atoms with Gasteiger partial charge in [0.2, 0.25) is 11.6 Å². The summed E-state index contributed by atoms with van der Waals surface area (Å²) in [5, 5.41) is 0. The largest absolute Gasteiger partial charge is 0.422 e. The Bertz CT molecular complexity index is 705. The molecule has 1 saturated carbocycles. The molecule has 140 valence electrons. The van der Waals surface area contributed by atoms with Gasteiger partial charge in [-0.3, -0.25) is 4.79 Å². The highest BCUT2D eigenvalue weighted by atomic mass is 16.4. The van der Waals surface area contributed by atoms with Crippen LogP contribution >= 0.6 is 0 Å². The first-order valence-electron chi connectivity index (χ1n) is 10.0. The van der Waals surface area contributed by atoms with E-state index in [1.54, 1.807) is 6.20 Å². The Morgan fingerprint density at radius 1 is 1.12 bits per heavy atom. The van der Waals surface area contributed by atoms with Gasteiger partial charge in [-0.2, -0.15) is 4.98 Å². The summed E-state index contributed by atoms with van der Waals surface area (Å²) in [5.74, 6) is 1.08. The van der Waals surface area contributed by atoms with E-state index in [0.29, 0.717) is 29.6 Å². The predicted octanol–water partition coefficient (Wildman–Crippen LogP) is 3.62. The highest BCUT2D eigenvalue weighted by molar-refractivity contribution is 5.76. The van der Waals surface area contributed by atoms with Crippen molar-refractivity contribution in [1.82, 2.24) is 14.9 Å². The van der Waals surface area contributed by atoms with Gasteiger partial charge in [-0.15, -0.1) is 0 Å². The monoisotopic (exact) mass is 356 g/mol. The van der Waals surface area contributed by atoms with Crippen LogP contribution in [0.1, 0.15) is 51.4 Å². The maximum absolute atomic E-state index is 12.6. The third kappa shape index (κ3) is 4.00. The van der Waals surface area contributed by atoms with Crippen molar-refractivity contribution in [3.63, 3.8) is 0 Å². The zero-order valence-electron chi connectivity index (χ0n) is 15.4. The van der Waals surface area contributed by atoms with E-state index < -0.39 is 0 Å². The molecule has 0 spiro atoms. The lowest BCUT2D eigenvalue weighted by atomic mass is 9.86. The molecule has 0 aromatic carbocycles. The molecule has 0 radical (unpaired) electrons. The minimum Gasteiger partial charge on any atom is -0.422 e. The van der Waals surface area contributed by atoms with E-state index in [4.69, 9.17) is 4.42 Å². The molecule has 1 saturated heterocycles. The Kier molecular flexibility index (Phi) is 5.37. The maximum Gasteiger partial charge on any atom is 0.300 e. The molecule has 1 aliphatic carbocycles. The molecule has 26 heavy (non-hydrogen) atoms. The van der Waals surface area contributed by atoms with E-state index in [1.165, 1.54) is 32.1 Å². The van der Waals surface area contributed by atoms with Crippen molar-refractivity contribution in [2.24, 2.45) is 5.92 Å². The van der Waals surface area contributed by atoms with Gasteiger partial charge in [0.25, 0.3) is 6.01 Å². The second kappa shape index (κ2) is 8.06. The summed E-state index contributed by atoms with van der Waals surface area (Å²) in [6.07, 6.45) is 11.1. The highest BCUT2D eigenvalue weighted by Crippen LogP contribution is 2.27. The minimum absolute atomic E-state index is 0.316. The lowest BCUT2D eigenvalue weighted by molar-refractivity contribution is -0.131. The number of rotatable bonds is 4. The van der Waals surface area contributed by atoms with Crippen molar-refractivity contribution in [2.75, 3.05) is 31.1 Å². The van der Waals surface area contributed by atoms with Crippen molar-refractivity contribution >= 4 is 23.2 Å². The highest BCUT2D eigenvalue weighted by Gasteiger charge is 2.23. The van der Waals surface area contributed by atoms with Gasteiger partial charge in [-0.05, 0) is 30.9 Å². The number of oxazole rings is 1. The van der Waals surface area contributed by atoms with Gasteiger partial charge in [-0.25, -0.2) is 4.98 Å². The number of hydrogen-bond donors (Lipinski definition) is 0. The number of amides is 1. The Hall–Kier alpha value is -2.11. The maximum atomic E-state index is 12.6. The number of anilines is 1. The molecule has 2 aromatic heterocycles. The van der Waals surface area contributed by atoms with Crippen LogP contribution in [0.4, 0.5) is 6.01 Å². The molecule has 0 atom stereocenters. The van der Waals surface area contributed by atoms with E-state index in [1.807, 2.05) is 17.0 Å². The van der Waals surface area contributed by atoms with Crippen molar-refractivity contribution in [3.8, 4) is 0 Å². The van der Waals surface area contributed by atoms with Crippen LogP contribution in [0.15, 0.2) is 22.7 Å². The number of fused-ring (bicyclic) bond motifs is 1. The number of hydrogen-bond acceptors (Lipinski definition) is 5. The molecule has 4 rings (SSSR count). The first-order chi connectivity index (χ1) is 12.8. The van der Waals surface area contributed by atoms with Gasteiger partial charge in [0.1, 0.15) is 0 Å². The topological polar surface area (TPSA) is 62.5 Å². The van der Waals surface area contributed by atoms with Crippen LogP contribution in [0, 0.1) is 5.92 Å². The first kappa shape index (κ1) is 17.3. The average molecular weight is 356 g/mol. The summed E-state index contributed by atoms with van der Waals surface area (Å²) in [4.78, 5) is 25.5. The fraction of sp³-hybridized carbons (Fsp3) is 0.650. The SMILES string of the molecule is O=C(CCC1CCCCC1)N1CCCN(c2nc3ncccc3o2)CC1. The van der Waals surface area contributed by atoms with Gasteiger partial charge in [0.15, 0.2) is 5.58 Å². The number of pyridine rings is 1. The minimum atomic E-state index is 0.316. The van der Waals surface area contributed by atoms with Crippen molar-refractivity contribution in [2.45, 2.75) is 51.4 Å². The van der Waals surface area contributed by atoms with Crippen molar-refractivity contribution in [3.05, 3.63) is 18.3 Å². The Morgan fingerprint density at radius 3 is 2.85 bits per heavy atom. The first-order valence-corrected chi connectivity index (χ1v) is 10.0.